The molecule has 0 unspecified atom stereocenters. The van der Waals surface area contributed by atoms with Crippen LogP contribution in [0.5, 0.6) is 0 Å². The zero-order chi connectivity index (χ0) is 18.3. The van der Waals surface area contributed by atoms with Crippen LogP contribution in [-0.4, -0.2) is 58.4 Å². The molecule has 0 bridgehead atoms. The number of carbonyl (C=O) groups excluding carboxylic acids is 1. The van der Waals surface area contributed by atoms with Crippen molar-refractivity contribution in [2.75, 3.05) is 37.6 Å². The van der Waals surface area contributed by atoms with E-state index in [1.165, 1.54) is 12.8 Å². The number of fused-ring (bicyclic) bond motifs is 1. The van der Waals surface area contributed by atoms with Gasteiger partial charge in [-0.05, 0) is 18.9 Å². The fourth-order valence-electron chi connectivity index (χ4n) is 4.19. The van der Waals surface area contributed by atoms with Gasteiger partial charge in [-0.2, -0.15) is 0 Å². The molecule has 6 nitrogen and oxygen atoms in total. The first-order valence-corrected chi connectivity index (χ1v) is 9.56. The Morgan fingerprint density at radius 1 is 1.07 bits per heavy atom. The van der Waals surface area contributed by atoms with Crippen LogP contribution in [0.15, 0.2) is 48.9 Å². The summed E-state index contributed by atoms with van der Waals surface area (Å²) in [5.41, 5.74) is 1.97. The van der Waals surface area contributed by atoms with Crippen molar-refractivity contribution >= 4 is 22.6 Å². The van der Waals surface area contributed by atoms with Gasteiger partial charge in [-0.1, -0.05) is 30.3 Å². The van der Waals surface area contributed by atoms with Crippen molar-refractivity contribution in [2.45, 2.75) is 12.8 Å². The van der Waals surface area contributed by atoms with Crippen LogP contribution in [0, 0.1) is 5.41 Å². The van der Waals surface area contributed by atoms with Crippen molar-refractivity contribution in [1.82, 2.24) is 19.9 Å². The minimum atomic E-state index is 0.204. The van der Waals surface area contributed by atoms with Crippen molar-refractivity contribution in [3.8, 4) is 0 Å². The zero-order valence-electron chi connectivity index (χ0n) is 15.3. The van der Waals surface area contributed by atoms with E-state index in [0.29, 0.717) is 12.0 Å². The van der Waals surface area contributed by atoms with Crippen molar-refractivity contribution < 1.29 is 4.79 Å². The van der Waals surface area contributed by atoms with E-state index in [0.717, 1.165) is 48.6 Å². The number of anilines is 1. The molecule has 3 heterocycles. The molecule has 1 aromatic carbocycles. The van der Waals surface area contributed by atoms with Crippen molar-refractivity contribution in [3.63, 3.8) is 0 Å². The molecule has 1 saturated heterocycles. The van der Waals surface area contributed by atoms with Crippen molar-refractivity contribution in [2.24, 2.45) is 5.41 Å². The van der Waals surface area contributed by atoms with Crippen LogP contribution in [0.4, 0.5) is 5.82 Å². The second-order valence-corrected chi connectivity index (χ2v) is 7.86. The summed E-state index contributed by atoms with van der Waals surface area (Å²) in [6, 6.07) is 11.7. The third kappa shape index (κ3) is 3.21. The standard InChI is InChI=1S/C21H23N5O/c27-18(16-4-2-1-3-5-16)12-25-10-11-26(14-21(13-25)7-8-21)20-17-6-9-22-19(17)23-15-24-20/h1-6,9,15H,7-8,10-14H2,(H,22,23,24). The van der Waals surface area contributed by atoms with E-state index in [-0.39, 0.29) is 5.78 Å². The van der Waals surface area contributed by atoms with Gasteiger partial charge in [0.15, 0.2) is 5.78 Å². The Labute approximate surface area is 158 Å². The lowest BCUT2D eigenvalue weighted by atomic mass is 10.1. The Morgan fingerprint density at radius 3 is 2.74 bits per heavy atom. The molecule has 1 saturated carbocycles. The summed E-state index contributed by atoms with van der Waals surface area (Å²) in [5.74, 6) is 1.21. The van der Waals surface area contributed by atoms with Gasteiger partial charge in [0.25, 0.3) is 0 Å². The highest BCUT2D eigenvalue weighted by Crippen LogP contribution is 2.48. The SMILES string of the molecule is O=C(CN1CCN(c2ncnc3[nH]ccc23)CC2(CC2)C1)c1ccccc1. The van der Waals surface area contributed by atoms with E-state index in [9.17, 15) is 4.79 Å². The van der Waals surface area contributed by atoms with E-state index in [1.807, 2.05) is 42.6 Å². The van der Waals surface area contributed by atoms with Gasteiger partial charge in [0.05, 0.1) is 11.9 Å². The predicted molar refractivity (Wildman–Crippen MR) is 105 cm³/mol. The van der Waals surface area contributed by atoms with Gasteiger partial charge < -0.3 is 9.88 Å². The number of hydrogen-bond acceptors (Lipinski definition) is 5. The third-order valence-corrected chi connectivity index (χ3v) is 5.82. The summed E-state index contributed by atoms with van der Waals surface area (Å²) < 4.78 is 0. The van der Waals surface area contributed by atoms with E-state index in [2.05, 4.69) is 24.8 Å². The van der Waals surface area contributed by atoms with Gasteiger partial charge in [-0.15, -0.1) is 0 Å². The molecule has 2 aromatic heterocycles. The molecule has 138 valence electrons. The number of H-pyrrole nitrogens is 1. The minimum Gasteiger partial charge on any atom is -0.354 e. The predicted octanol–water partition coefficient (Wildman–Crippen LogP) is 2.74. The Balaban J connectivity index is 1.36. The smallest absolute Gasteiger partial charge is 0.176 e. The average Bonchev–Trinajstić information content (AvgIpc) is 3.32. The van der Waals surface area contributed by atoms with E-state index >= 15 is 0 Å². The maximum Gasteiger partial charge on any atom is 0.176 e. The van der Waals surface area contributed by atoms with Gasteiger partial charge in [-0.25, -0.2) is 9.97 Å². The molecule has 6 heteroatoms. The molecule has 1 aliphatic carbocycles. The summed E-state index contributed by atoms with van der Waals surface area (Å²) in [6.45, 7) is 4.23. The number of benzene rings is 1. The van der Waals surface area contributed by atoms with Crippen molar-refractivity contribution in [3.05, 3.63) is 54.5 Å². The number of Topliss-reactive ketones (excluding diaryl/α,β-unsaturated/α-hetero) is 1. The number of nitrogens with zero attached hydrogens (tertiary/aromatic N) is 4. The van der Waals surface area contributed by atoms with Gasteiger partial charge >= 0.3 is 0 Å². The van der Waals surface area contributed by atoms with Gasteiger partial charge in [0.1, 0.15) is 17.8 Å². The summed E-state index contributed by atoms with van der Waals surface area (Å²) in [7, 11) is 0. The summed E-state index contributed by atoms with van der Waals surface area (Å²) in [4.78, 5) is 29.4. The highest BCUT2D eigenvalue weighted by molar-refractivity contribution is 5.97. The first-order valence-electron chi connectivity index (χ1n) is 9.56. The topological polar surface area (TPSA) is 65.1 Å². The lowest BCUT2D eigenvalue weighted by molar-refractivity contribution is 0.0924. The molecular formula is C21H23N5O. The lowest BCUT2D eigenvalue weighted by Gasteiger charge is -2.25. The maximum atomic E-state index is 12.7. The molecule has 0 radical (unpaired) electrons. The number of nitrogens with one attached hydrogen (secondary N) is 1. The Hall–Kier alpha value is -2.73. The second kappa shape index (κ2) is 6.46. The summed E-state index contributed by atoms with van der Waals surface area (Å²) >= 11 is 0. The molecule has 2 aliphatic rings. The van der Waals surface area contributed by atoms with Crippen LogP contribution in [0.25, 0.3) is 11.0 Å². The molecule has 0 amide bonds. The third-order valence-electron chi connectivity index (χ3n) is 5.82. The van der Waals surface area contributed by atoms with Crippen LogP contribution in [0.1, 0.15) is 23.2 Å². The number of ketones is 1. The number of aromatic nitrogens is 3. The van der Waals surface area contributed by atoms with E-state index in [1.54, 1.807) is 6.33 Å². The Bertz CT molecular complexity index is 963. The van der Waals surface area contributed by atoms with Crippen LogP contribution >= 0.6 is 0 Å². The van der Waals surface area contributed by atoms with Crippen LogP contribution in [0.3, 0.4) is 0 Å². The first-order chi connectivity index (χ1) is 13.2. The molecule has 1 spiro atoms. The van der Waals surface area contributed by atoms with Gasteiger partial charge in [0.2, 0.25) is 0 Å². The van der Waals surface area contributed by atoms with E-state index in [4.69, 9.17) is 0 Å². The summed E-state index contributed by atoms with van der Waals surface area (Å²) in [5, 5.41) is 1.07. The summed E-state index contributed by atoms with van der Waals surface area (Å²) in [6.07, 6.45) is 6.00. The van der Waals surface area contributed by atoms with Gasteiger partial charge in [-0.3, -0.25) is 9.69 Å². The largest absolute Gasteiger partial charge is 0.354 e. The molecule has 0 atom stereocenters. The zero-order valence-corrected chi connectivity index (χ0v) is 15.3. The average molecular weight is 361 g/mol. The molecule has 1 aliphatic heterocycles. The Morgan fingerprint density at radius 2 is 1.93 bits per heavy atom. The normalized spacial score (nSPS) is 19.3. The fraction of sp³-hybridized carbons (Fsp3) is 0.381. The lowest BCUT2D eigenvalue weighted by Crippen LogP contribution is -2.35. The van der Waals surface area contributed by atoms with Crippen LogP contribution < -0.4 is 4.90 Å². The molecule has 3 aromatic rings. The molecule has 2 fully saturated rings. The molecule has 1 N–H and O–H groups in total. The monoisotopic (exact) mass is 361 g/mol. The maximum absolute atomic E-state index is 12.7. The minimum absolute atomic E-state index is 0.204. The van der Waals surface area contributed by atoms with Crippen LogP contribution in [-0.2, 0) is 0 Å². The number of hydrogen-bond donors (Lipinski definition) is 1. The highest BCUT2D eigenvalue weighted by atomic mass is 16.1. The number of aromatic amines is 1. The van der Waals surface area contributed by atoms with Gasteiger partial charge in [0, 0.05) is 43.4 Å². The van der Waals surface area contributed by atoms with E-state index < -0.39 is 0 Å². The quantitative estimate of drug-likeness (QED) is 0.724. The highest BCUT2D eigenvalue weighted by Gasteiger charge is 2.47. The number of carbonyl (C=O) groups is 1. The molecule has 5 rings (SSSR count). The first kappa shape index (κ1) is 16.4. The Kier molecular flexibility index (Phi) is 3.93. The molecule has 27 heavy (non-hydrogen) atoms. The van der Waals surface area contributed by atoms with Crippen LogP contribution in [0.2, 0.25) is 0 Å². The molecular weight excluding hydrogens is 338 g/mol. The van der Waals surface area contributed by atoms with Crippen molar-refractivity contribution in [1.29, 1.82) is 0 Å². The second-order valence-electron chi connectivity index (χ2n) is 7.86. The number of rotatable bonds is 4. The fourth-order valence-corrected chi connectivity index (χ4v) is 4.19.